The third-order valence-corrected chi connectivity index (χ3v) is 2.14. The summed E-state index contributed by atoms with van der Waals surface area (Å²) >= 11 is 0. The van der Waals surface area contributed by atoms with Crippen LogP contribution in [-0.2, 0) is 13.1 Å². The van der Waals surface area contributed by atoms with Crippen LogP contribution in [0.25, 0.3) is 0 Å². The predicted molar refractivity (Wildman–Crippen MR) is 59.1 cm³/mol. The molecule has 0 atom stereocenters. The average molecular weight is 193 g/mol. The van der Waals surface area contributed by atoms with Gasteiger partial charge < -0.3 is 9.88 Å². The van der Waals surface area contributed by atoms with Gasteiger partial charge in [-0.05, 0) is 6.92 Å². The van der Waals surface area contributed by atoms with E-state index >= 15 is 0 Å². The highest BCUT2D eigenvalue weighted by Crippen LogP contribution is 2.04. The SMILES string of the molecule is C=CCn1c(CNC(C)C)cnc1C. The van der Waals surface area contributed by atoms with E-state index in [0.717, 1.165) is 18.9 Å². The van der Waals surface area contributed by atoms with Crippen molar-refractivity contribution in [1.29, 1.82) is 0 Å². The molecule has 78 valence electrons. The molecule has 1 rings (SSSR count). The van der Waals surface area contributed by atoms with Crippen LogP contribution in [0.4, 0.5) is 0 Å². The zero-order valence-corrected chi connectivity index (χ0v) is 9.25. The van der Waals surface area contributed by atoms with E-state index in [4.69, 9.17) is 0 Å². The molecule has 0 amide bonds. The first-order chi connectivity index (χ1) is 6.65. The van der Waals surface area contributed by atoms with Crippen LogP contribution < -0.4 is 5.32 Å². The highest BCUT2D eigenvalue weighted by Gasteiger charge is 2.04. The number of hydrogen-bond acceptors (Lipinski definition) is 2. The number of hydrogen-bond donors (Lipinski definition) is 1. The maximum atomic E-state index is 4.29. The first-order valence-corrected chi connectivity index (χ1v) is 5.00. The number of aryl methyl sites for hydroxylation is 1. The van der Waals surface area contributed by atoms with Crippen LogP contribution >= 0.6 is 0 Å². The van der Waals surface area contributed by atoms with Gasteiger partial charge in [-0.3, -0.25) is 0 Å². The fourth-order valence-corrected chi connectivity index (χ4v) is 1.34. The summed E-state index contributed by atoms with van der Waals surface area (Å²) in [5, 5.41) is 3.38. The normalized spacial score (nSPS) is 10.9. The molecule has 1 heterocycles. The molecule has 0 unspecified atom stereocenters. The summed E-state index contributed by atoms with van der Waals surface area (Å²) < 4.78 is 2.17. The van der Waals surface area contributed by atoms with Gasteiger partial charge in [0.15, 0.2) is 0 Å². The summed E-state index contributed by atoms with van der Waals surface area (Å²) in [5.74, 6) is 1.05. The second kappa shape index (κ2) is 4.96. The molecule has 0 aliphatic carbocycles. The third-order valence-electron chi connectivity index (χ3n) is 2.14. The molecule has 0 fully saturated rings. The Morgan fingerprint density at radius 1 is 1.64 bits per heavy atom. The van der Waals surface area contributed by atoms with Crippen molar-refractivity contribution in [1.82, 2.24) is 14.9 Å². The lowest BCUT2D eigenvalue weighted by molar-refractivity contribution is 0.563. The van der Waals surface area contributed by atoms with Gasteiger partial charge in [0.2, 0.25) is 0 Å². The molecule has 3 heteroatoms. The van der Waals surface area contributed by atoms with E-state index in [0.29, 0.717) is 6.04 Å². The molecule has 3 nitrogen and oxygen atoms in total. The molecule has 0 radical (unpaired) electrons. The van der Waals surface area contributed by atoms with Crippen LogP contribution in [0.2, 0.25) is 0 Å². The van der Waals surface area contributed by atoms with Crippen molar-refractivity contribution in [2.75, 3.05) is 0 Å². The molecular formula is C11H19N3. The van der Waals surface area contributed by atoms with Crippen molar-refractivity contribution in [2.45, 2.75) is 39.9 Å². The molecular weight excluding hydrogens is 174 g/mol. The Bertz CT molecular complexity index is 299. The van der Waals surface area contributed by atoms with Crippen LogP contribution in [0.1, 0.15) is 25.4 Å². The van der Waals surface area contributed by atoms with Crippen molar-refractivity contribution >= 4 is 0 Å². The third kappa shape index (κ3) is 2.70. The summed E-state index contributed by atoms with van der Waals surface area (Å²) in [6, 6.07) is 0.502. The molecule has 0 aromatic carbocycles. The fraction of sp³-hybridized carbons (Fsp3) is 0.545. The second-order valence-corrected chi connectivity index (χ2v) is 3.73. The van der Waals surface area contributed by atoms with Gasteiger partial charge in [0.05, 0.1) is 5.69 Å². The van der Waals surface area contributed by atoms with Crippen LogP contribution in [-0.4, -0.2) is 15.6 Å². The van der Waals surface area contributed by atoms with Gasteiger partial charge >= 0.3 is 0 Å². The van der Waals surface area contributed by atoms with Crippen molar-refractivity contribution in [2.24, 2.45) is 0 Å². The lowest BCUT2D eigenvalue weighted by Crippen LogP contribution is -2.23. The van der Waals surface area contributed by atoms with Gasteiger partial charge in [-0.15, -0.1) is 6.58 Å². The van der Waals surface area contributed by atoms with E-state index in [1.165, 1.54) is 5.69 Å². The minimum absolute atomic E-state index is 0.502. The highest BCUT2D eigenvalue weighted by atomic mass is 15.1. The van der Waals surface area contributed by atoms with Crippen LogP contribution in [0.5, 0.6) is 0 Å². The molecule has 0 aliphatic heterocycles. The molecule has 0 aliphatic rings. The van der Waals surface area contributed by atoms with E-state index in [-0.39, 0.29) is 0 Å². The topological polar surface area (TPSA) is 29.9 Å². The van der Waals surface area contributed by atoms with Crippen molar-refractivity contribution < 1.29 is 0 Å². The van der Waals surface area contributed by atoms with Crippen LogP contribution in [0.3, 0.4) is 0 Å². The maximum Gasteiger partial charge on any atom is 0.106 e. The Morgan fingerprint density at radius 2 is 2.36 bits per heavy atom. The number of imidazole rings is 1. The Hall–Kier alpha value is -1.09. The summed E-state index contributed by atoms with van der Waals surface area (Å²) in [7, 11) is 0. The van der Waals surface area contributed by atoms with Crippen molar-refractivity contribution in [3.05, 3.63) is 30.4 Å². The average Bonchev–Trinajstić information content (AvgIpc) is 2.46. The van der Waals surface area contributed by atoms with Gasteiger partial charge in [-0.25, -0.2) is 4.98 Å². The first kappa shape index (κ1) is 11.0. The Labute approximate surface area is 85.8 Å². The fourth-order valence-electron chi connectivity index (χ4n) is 1.34. The van der Waals surface area contributed by atoms with Gasteiger partial charge in [0.1, 0.15) is 5.82 Å². The molecule has 14 heavy (non-hydrogen) atoms. The van der Waals surface area contributed by atoms with E-state index in [9.17, 15) is 0 Å². The number of nitrogens with zero attached hydrogens (tertiary/aromatic N) is 2. The predicted octanol–water partition coefficient (Wildman–Crippen LogP) is 1.88. The molecule has 0 saturated heterocycles. The Kier molecular flexibility index (Phi) is 3.89. The summed E-state index contributed by atoms with van der Waals surface area (Å²) in [4.78, 5) is 4.29. The standard InChI is InChI=1S/C11H19N3/c1-5-6-14-10(4)13-8-11(14)7-12-9(2)3/h5,8-9,12H,1,6-7H2,2-4H3. The lowest BCUT2D eigenvalue weighted by Gasteiger charge is -2.10. The zero-order valence-electron chi connectivity index (χ0n) is 9.25. The van der Waals surface area contributed by atoms with Gasteiger partial charge in [0, 0.05) is 25.3 Å². The largest absolute Gasteiger partial charge is 0.327 e. The second-order valence-electron chi connectivity index (χ2n) is 3.73. The van der Waals surface area contributed by atoms with E-state index in [1.54, 1.807) is 0 Å². The Morgan fingerprint density at radius 3 is 2.93 bits per heavy atom. The minimum atomic E-state index is 0.502. The number of aromatic nitrogens is 2. The molecule has 0 spiro atoms. The molecule has 0 saturated carbocycles. The van der Waals surface area contributed by atoms with Crippen molar-refractivity contribution in [3.8, 4) is 0 Å². The summed E-state index contributed by atoms with van der Waals surface area (Å²) in [6.45, 7) is 11.7. The highest BCUT2D eigenvalue weighted by molar-refractivity contribution is 5.05. The first-order valence-electron chi connectivity index (χ1n) is 5.00. The van der Waals surface area contributed by atoms with Crippen LogP contribution in [0, 0.1) is 6.92 Å². The molecule has 1 N–H and O–H groups in total. The number of nitrogens with one attached hydrogen (secondary N) is 1. The zero-order chi connectivity index (χ0) is 10.6. The monoisotopic (exact) mass is 193 g/mol. The molecule has 1 aromatic heterocycles. The molecule has 1 aromatic rings. The summed E-state index contributed by atoms with van der Waals surface area (Å²) in [6.07, 6.45) is 3.82. The smallest absolute Gasteiger partial charge is 0.106 e. The maximum absolute atomic E-state index is 4.29. The number of allylic oxidation sites excluding steroid dienone is 1. The van der Waals surface area contributed by atoms with Gasteiger partial charge in [-0.1, -0.05) is 19.9 Å². The van der Waals surface area contributed by atoms with E-state index < -0.39 is 0 Å². The summed E-state index contributed by atoms with van der Waals surface area (Å²) in [5.41, 5.74) is 1.22. The lowest BCUT2D eigenvalue weighted by atomic mass is 10.3. The van der Waals surface area contributed by atoms with E-state index in [2.05, 4.69) is 35.3 Å². The van der Waals surface area contributed by atoms with Gasteiger partial charge in [-0.2, -0.15) is 0 Å². The molecule has 0 bridgehead atoms. The van der Waals surface area contributed by atoms with E-state index in [1.807, 2.05) is 19.2 Å². The van der Waals surface area contributed by atoms with Crippen LogP contribution in [0.15, 0.2) is 18.9 Å². The Balaban J connectivity index is 2.70. The quantitative estimate of drug-likeness (QED) is 0.724. The van der Waals surface area contributed by atoms with Gasteiger partial charge in [0.25, 0.3) is 0 Å². The van der Waals surface area contributed by atoms with Crippen molar-refractivity contribution in [3.63, 3.8) is 0 Å². The minimum Gasteiger partial charge on any atom is -0.327 e. The number of rotatable bonds is 5.